The van der Waals surface area contributed by atoms with Crippen molar-refractivity contribution in [2.45, 2.75) is 50.2 Å². The Bertz CT molecular complexity index is 596. The number of rotatable bonds is 5. The number of hydrogen-bond acceptors (Lipinski definition) is 4. The molecule has 0 amide bonds. The largest absolute Gasteiger partial charge is 0.324 e. The molecule has 0 bridgehead atoms. The number of nitrogens with zero attached hydrogens (tertiary/aromatic N) is 3. The van der Waals surface area contributed by atoms with Gasteiger partial charge in [-0.25, -0.2) is 0 Å². The predicted molar refractivity (Wildman–Crippen MR) is 81.7 cm³/mol. The van der Waals surface area contributed by atoms with Crippen LogP contribution in [0, 0.1) is 13.8 Å². The smallest absolute Gasteiger partial charge is 0.191 e. The van der Waals surface area contributed by atoms with Gasteiger partial charge in [0.1, 0.15) is 5.82 Å². The maximum Gasteiger partial charge on any atom is 0.191 e. The van der Waals surface area contributed by atoms with Crippen molar-refractivity contribution in [3.05, 3.63) is 40.7 Å². The van der Waals surface area contributed by atoms with Crippen LogP contribution < -0.4 is 5.73 Å². The maximum atomic E-state index is 5.74. The molecule has 0 spiro atoms. The first-order valence-corrected chi connectivity index (χ1v) is 7.99. The van der Waals surface area contributed by atoms with Crippen molar-refractivity contribution in [1.82, 2.24) is 14.8 Å². The van der Waals surface area contributed by atoms with Crippen LogP contribution in [0.1, 0.15) is 41.4 Å². The van der Waals surface area contributed by atoms with Gasteiger partial charge in [-0.2, -0.15) is 0 Å². The molecule has 1 aliphatic rings. The molecule has 1 aliphatic carbocycles. The van der Waals surface area contributed by atoms with E-state index >= 15 is 0 Å². The molecule has 1 aromatic carbocycles. The van der Waals surface area contributed by atoms with Crippen molar-refractivity contribution in [1.29, 1.82) is 0 Å². The SMILES string of the molecule is Cc1cc(C)cc(CSc2nnc(CN)n2C2CC2)c1. The van der Waals surface area contributed by atoms with Gasteiger partial charge in [-0.15, -0.1) is 10.2 Å². The normalized spacial score (nSPS) is 14.8. The topological polar surface area (TPSA) is 56.7 Å². The summed E-state index contributed by atoms with van der Waals surface area (Å²) in [6, 6.07) is 7.25. The van der Waals surface area contributed by atoms with Crippen molar-refractivity contribution in [3.8, 4) is 0 Å². The zero-order chi connectivity index (χ0) is 14.1. The van der Waals surface area contributed by atoms with Gasteiger partial charge in [0.15, 0.2) is 5.16 Å². The van der Waals surface area contributed by atoms with Crippen LogP contribution in [0.4, 0.5) is 0 Å². The van der Waals surface area contributed by atoms with E-state index in [0.717, 1.165) is 16.7 Å². The van der Waals surface area contributed by atoms with E-state index in [-0.39, 0.29) is 0 Å². The Labute approximate surface area is 123 Å². The van der Waals surface area contributed by atoms with Crippen LogP contribution in [0.5, 0.6) is 0 Å². The summed E-state index contributed by atoms with van der Waals surface area (Å²) < 4.78 is 2.23. The summed E-state index contributed by atoms with van der Waals surface area (Å²) >= 11 is 1.76. The van der Waals surface area contributed by atoms with Gasteiger partial charge in [-0.1, -0.05) is 41.1 Å². The second-order valence-electron chi connectivity index (χ2n) is 5.49. The molecule has 1 aromatic heterocycles. The number of nitrogens with two attached hydrogens (primary N) is 1. The average Bonchev–Trinajstić information content (AvgIpc) is 3.15. The molecule has 1 saturated carbocycles. The van der Waals surface area contributed by atoms with E-state index in [2.05, 4.69) is 46.8 Å². The van der Waals surface area contributed by atoms with Crippen molar-refractivity contribution in [2.75, 3.05) is 0 Å². The molecule has 106 valence electrons. The van der Waals surface area contributed by atoms with Gasteiger partial charge in [0.2, 0.25) is 0 Å². The van der Waals surface area contributed by atoms with E-state index in [0.29, 0.717) is 12.6 Å². The van der Waals surface area contributed by atoms with E-state index in [4.69, 9.17) is 5.73 Å². The summed E-state index contributed by atoms with van der Waals surface area (Å²) in [7, 11) is 0. The fraction of sp³-hybridized carbons (Fsp3) is 0.467. The molecule has 0 unspecified atom stereocenters. The molecule has 0 saturated heterocycles. The van der Waals surface area contributed by atoms with E-state index in [1.54, 1.807) is 11.8 Å². The molecule has 20 heavy (non-hydrogen) atoms. The first-order chi connectivity index (χ1) is 9.67. The molecule has 2 N–H and O–H groups in total. The van der Waals surface area contributed by atoms with Crippen molar-refractivity contribution in [2.24, 2.45) is 5.73 Å². The molecule has 0 atom stereocenters. The van der Waals surface area contributed by atoms with E-state index in [9.17, 15) is 0 Å². The minimum atomic E-state index is 0.466. The van der Waals surface area contributed by atoms with Crippen molar-refractivity contribution in [3.63, 3.8) is 0 Å². The lowest BCUT2D eigenvalue weighted by Crippen LogP contribution is -2.08. The van der Waals surface area contributed by atoms with Crippen LogP contribution in [0.15, 0.2) is 23.4 Å². The number of benzene rings is 1. The Kier molecular flexibility index (Phi) is 3.81. The second-order valence-corrected chi connectivity index (χ2v) is 6.43. The lowest BCUT2D eigenvalue weighted by atomic mass is 10.1. The van der Waals surface area contributed by atoms with Crippen LogP contribution in [-0.2, 0) is 12.3 Å². The quantitative estimate of drug-likeness (QED) is 0.859. The summed E-state index contributed by atoms with van der Waals surface area (Å²) in [4.78, 5) is 0. The Morgan fingerprint density at radius 3 is 2.50 bits per heavy atom. The lowest BCUT2D eigenvalue weighted by molar-refractivity contribution is 0.626. The highest BCUT2D eigenvalue weighted by atomic mass is 32.2. The number of aromatic nitrogens is 3. The monoisotopic (exact) mass is 288 g/mol. The Morgan fingerprint density at radius 2 is 1.90 bits per heavy atom. The van der Waals surface area contributed by atoms with Crippen LogP contribution >= 0.6 is 11.8 Å². The summed E-state index contributed by atoms with van der Waals surface area (Å²) in [6.45, 7) is 4.74. The fourth-order valence-corrected chi connectivity index (χ4v) is 3.50. The molecule has 2 aromatic rings. The van der Waals surface area contributed by atoms with Gasteiger partial charge in [0, 0.05) is 11.8 Å². The molecule has 5 heteroatoms. The summed E-state index contributed by atoms with van der Waals surface area (Å²) in [5, 5.41) is 9.52. The maximum absolute atomic E-state index is 5.74. The minimum Gasteiger partial charge on any atom is -0.324 e. The van der Waals surface area contributed by atoms with Crippen LogP contribution in [-0.4, -0.2) is 14.8 Å². The molecule has 4 nitrogen and oxygen atoms in total. The van der Waals surface area contributed by atoms with Crippen molar-refractivity contribution >= 4 is 11.8 Å². The molecular weight excluding hydrogens is 268 g/mol. The third kappa shape index (κ3) is 2.88. The van der Waals surface area contributed by atoms with Crippen LogP contribution in [0.2, 0.25) is 0 Å². The summed E-state index contributed by atoms with van der Waals surface area (Å²) in [5.41, 5.74) is 9.71. The van der Waals surface area contributed by atoms with E-state index in [1.807, 2.05) is 0 Å². The first kappa shape index (κ1) is 13.6. The molecule has 0 radical (unpaired) electrons. The zero-order valence-corrected chi connectivity index (χ0v) is 12.8. The Balaban J connectivity index is 1.76. The molecule has 1 heterocycles. The van der Waals surface area contributed by atoms with Gasteiger partial charge in [-0.05, 0) is 32.3 Å². The predicted octanol–water partition coefficient (Wildman–Crippen LogP) is 2.98. The standard InChI is InChI=1S/C15H20N4S/c1-10-5-11(2)7-12(6-10)9-20-15-18-17-14(8-16)19(15)13-3-4-13/h5-7,13H,3-4,8-9,16H2,1-2H3. The third-order valence-electron chi connectivity index (χ3n) is 3.48. The van der Waals surface area contributed by atoms with Gasteiger partial charge in [-0.3, -0.25) is 0 Å². The van der Waals surface area contributed by atoms with Crippen molar-refractivity contribution < 1.29 is 0 Å². The Hall–Kier alpha value is -1.33. The zero-order valence-electron chi connectivity index (χ0n) is 12.0. The van der Waals surface area contributed by atoms with Gasteiger partial charge < -0.3 is 10.3 Å². The highest BCUT2D eigenvalue weighted by molar-refractivity contribution is 7.98. The van der Waals surface area contributed by atoms with E-state index < -0.39 is 0 Å². The average molecular weight is 288 g/mol. The lowest BCUT2D eigenvalue weighted by Gasteiger charge is -2.08. The highest BCUT2D eigenvalue weighted by Crippen LogP contribution is 2.39. The van der Waals surface area contributed by atoms with Gasteiger partial charge in [0.05, 0.1) is 6.54 Å². The fourth-order valence-electron chi connectivity index (χ4n) is 2.54. The molecule has 1 fully saturated rings. The van der Waals surface area contributed by atoms with Crippen LogP contribution in [0.3, 0.4) is 0 Å². The summed E-state index contributed by atoms with van der Waals surface area (Å²) in [5.74, 6) is 1.84. The Morgan fingerprint density at radius 1 is 1.20 bits per heavy atom. The molecule has 3 rings (SSSR count). The van der Waals surface area contributed by atoms with Gasteiger partial charge in [0.25, 0.3) is 0 Å². The van der Waals surface area contributed by atoms with E-state index in [1.165, 1.54) is 29.5 Å². The number of thioether (sulfide) groups is 1. The van der Waals surface area contributed by atoms with Gasteiger partial charge >= 0.3 is 0 Å². The number of hydrogen-bond donors (Lipinski definition) is 1. The first-order valence-electron chi connectivity index (χ1n) is 7.01. The molecule has 0 aliphatic heterocycles. The summed E-state index contributed by atoms with van der Waals surface area (Å²) in [6.07, 6.45) is 2.45. The number of aryl methyl sites for hydroxylation is 2. The highest BCUT2D eigenvalue weighted by Gasteiger charge is 2.29. The third-order valence-corrected chi connectivity index (χ3v) is 4.49. The molecular formula is C15H20N4S. The second kappa shape index (κ2) is 5.58. The van der Waals surface area contributed by atoms with Crippen LogP contribution in [0.25, 0.3) is 0 Å². The minimum absolute atomic E-state index is 0.466.